The van der Waals surface area contributed by atoms with Crippen LogP contribution in [-0.2, 0) is 0 Å². The first-order valence-electron chi connectivity index (χ1n) is 6.63. The normalized spacial score (nSPS) is 20.0. The van der Waals surface area contributed by atoms with Crippen molar-refractivity contribution in [1.29, 1.82) is 0 Å². The molecule has 0 aromatic carbocycles. The Morgan fingerprint density at radius 1 is 0.800 bits per heavy atom. The lowest BCUT2D eigenvalue weighted by Crippen LogP contribution is -2.29. The molecular formula is C14H29F. The van der Waals surface area contributed by atoms with Crippen molar-refractivity contribution in [3.8, 4) is 0 Å². The molecule has 0 rings (SSSR count). The first-order chi connectivity index (χ1) is 6.99. The van der Waals surface area contributed by atoms with E-state index in [4.69, 9.17) is 0 Å². The molecule has 0 saturated heterocycles. The standard InChI is InChI=1S/C14H29F/c1-7-10(4)14(15)12(6)11(5)13(8-2)9-3/h10-14H,7-9H2,1-6H3. The average Bonchev–Trinajstić information content (AvgIpc) is 2.27. The summed E-state index contributed by atoms with van der Waals surface area (Å²) in [5, 5.41) is 0. The molecule has 0 nitrogen and oxygen atoms in total. The third-order valence-electron chi connectivity index (χ3n) is 4.31. The van der Waals surface area contributed by atoms with Gasteiger partial charge in [0.15, 0.2) is 0 Å². The summed E-state index contributed by atoms with van der Waals surface area (Å²) < 4.78 is 14.1. The second-order valence-electron chi connectivity index (χ2n) is 5.12. The van der Waals surface area contributed by atoms with Gasteiger partial charge in [-0.15, -0.1) is 0 Å². The van der Waals surface area contributed by atoms with Crippen LogP contribution in [0.2, 0.25) is 0 Å². The Kier molecular flexibility index (Phi) is 7.21. The molecule has 0 aliphatic carbocycles. The number of alkyl halides is 1. The largest absolute Gasteiger partial charge is 0.247 e. The molecular weight excluding hydrogens is 187 g/mol. The van der Waals surface area contributed by atoms with Crippen molar-refractivity contribution in [2.75, 3.05) is 0 Å². The van der Waals surface area contributed by atoms with E-state index in [2.05, 4.69) is 34.6 Å². The zero-order valence-electron chi connectivity index (χ0n) is 11.4. The Labute approximate surface area is 95.6 Å². The van der Waals surface area contributed by atoms with Crippen molar-refractivity contribution in [3.05, 3.63) is 0 Å². The van der Waals surface area contributed by atoms with Gasteiger partial charge in [0.2, 0.25) is 0 Å². The number of hydrogen-bond acceptors (Lipinski definition) is 0. The van der Waals surface area contributed by atoms with Crippen molar-refractivity contribution in [2.24, 2.45) is 23.7 Å². The molecule has 15 heavy (non-hydrogen) atoms. The smallest absolute Gasteiger partial charge is 0.105 e. The highest BCUT2D eigenvalue weighted by atomic mass is 19.1. The van der Waals surface area contributed by atoms with Crippen LogP contribution in [0.3, 0.4) is 0 Å². The predicted molar refractivity (Wildman–Crippen MR) is 66.8 cm³/mol. The van der Waals surface area contributed by atoms with E-state index >= 15 is 0 Å². The quantitative estimate of drug-likeness (QED) is 0.557. The highest BCUT2D eigenvalue weighted by molar-refractivity contribution is 4.78. The fraction of sp³-hybridized carbons (Fsp3) is 1.00. The molecule has 0 aliphatic rings. The van der Waals surface area contributed by atoms with Crippen LogP contribution < -0.4 is 0 Å². The SMILES string of the molecule is CCC(C)C(F)C(C)C(C)C(CC)CC. The zero-order valence-corrected chi connectivity index (χ0v) is 11.4. The Balaban J connectivity index is 4.34. The van der Waals surface area contributed by atoms with Crippen LogP contribution in [0.25, 0.3) is 0 Å². The van der Waals surface area contributed by atoms with Crippen LogP contribution in [0.1, 0.15) is 60.8 Å². The van der Waals surface area contributed by atoms with Crippen LogP contribution in [0.5, 0.6) is 0 Å². The van der Waals surface area contributed by atoms with Gasteiger partial charge in [-0.3, -0.25) is 0 Å². The van der Waals surface area contributed by atoms with Gasteiger partial charge < -0.3 is 0 Å². The molecule has 0 saturated carbocycles. The molecule has 0 aromatic heterocycles. The van der Waals surface area contributed by atoms with Gasteiger partial charge in [0.1, 0.15) is 6.17 Å². The minimum Gasteiger partial charge on any atom is -0.247 e. The van der Waals surface area contributed by atoms with Gasteiger partial charge in [0.05, 0.1) is 0 Å². The molecule has 0 fully saturated rings. The third kappa shape index (κ3) is 4.12. The van der Waals surface area contributed by atoms with Crippen molar-refractivity contribution < 1.29 is 4.39 Å². The zero-order chi connectivity index (χ0) is 12.0. The Hall–Kier alpha value is -0.0700. The minimum atomic E-state index is -0.634. The number of hydrogen-bond donors (Lipinski definition) is 0. The van der Waals surface area contributed by atoms with Gasteiger partial charge in [-0.25, -0.2) is 4.39 Å². The van der Waals surface area contributed by atoms with Gasteiger partial charge >= 0.3 is 0 Å². The van der Waals surface area contributed by atoms with E-state index in [9.17, 15) is 4.39 Å². The lowest BCUT2D eigenvalue weighted by Gasteiger charge is -2.31. The van der Waals surface area contributed by atoms with Crippen LogP contribution in [0.4, 0.5) is 4.39 Å². The number of rotatable bonds is 7. The lowest BCUT2D eigenvalue weighted by atomic mass is 9.76. The molecule has 0 amide bonds. The van der Waals surface area contributed by atoms with Crippen molar-refractivity contribution in [2.45, 2.75) is 67.0 Å². The Morgan fingerprint density at radius 3 is 1.60 bits per heavy atom. The Morgan fingerprint density at radius 2 is 1.27 bits per heavy atom. The minimum absolute atomic E-state index is 0.199. The third-order valence-corrected chi connectivity index (χ3v) is 4.31. The first-order valence-corrected chi connectivity index (χ1v) is 6.63. The maximum Gasteiger partial charge on any atom is 0.105 e. The maximum atomic E-state index is 14.1. The van der Waals surface area contributed by atoms with E-state index in [0.717, 1.165) is 6.42 Å². The summed E-state index contributed by atoms with van der Waals surface area (Å²) in [6, 6.07) is 0. The summed E-state index contributed by atoms with van der Waals surface area (Å²) >= 11 is 0. The topological polar surface area (TPSA) is 0 Å². The van der Waals surface area contributed by atoms with Gasteiger partial charge in [0, 0.05) is 0 Å². The summed E-state index contributed by atoms with van der Waals surface area (Å²) in [5.74, 6) is 1.59. The lowest BCUT2D eigenvalue weighted by molar-refractivity contribution is 0.0983. The van der Waals surface area contributed by atoms with Gasteiger partial charge in [-0.05, 0) is 23.7 Å². The molecule has 0 N–H and O–H groups in total. The van der Waals surface area contributed by atoms with Gasteiger partial charge in [-0.1, -0.05) is 60.8 Å². The van der Waals surface area contributed by atoms with E-state index in [1.54, 1.807) is 0 Å². The van der Waals surface area contributed by atoms with Crippen molar-refractivity contribution in [1.82, 2.24) is 0 Å². The predicted octanol–water partition coefficient (Wildman–Crippen LogP) is 5.08. The highest BCUT2D eigenvalue weighted by Gasteiger charge is 2.29. The van der Waals surface area contributed by atoms with Crippen molar-refractivity contribution >= 4 is 0 Å². The molecule has 4 unspecified atom stereocenters. The average molecular weight is 216 g/mol. The second-order valence-corrected chi connectivity index (χ2v) is 5.12. The summed E-state index contributed by atoms with van der Waals surface area (Å²) in [6.07, 6.45) is 2.66. The molecule has 92 valence electrons. The number of halogens is 1. The monoisotopic (exact) mass is 216 g/mol. The van der Waals surface area contributed by atoms with Crippen LogP contribution in [0.15, 0.2) is 0 Å². The summed E-state index contributed by atoms with van der Waals surface area (Å²) in [6.45, 7) is 12.8. The molecule has 0 aromatic rings. The van der Waals surface area contributed by atoms with Crippen molar-refractivity contribution in [3.63, 3.8) is 0 Å². The van der Waals surface area contributed by atoms with Crippen LogP contribution in [0, 0.1) is 23.7 Å². The molecule has 1 heteroatoms. The molecule has 4 atom stereocenters. The fourth-order valence-electron chi connectivity index (χ4n) is 2.49. The highest BCUT2D eigenvalue weighted by Crippen LogP contribution is 2.32. The van der Waals surface area contributed by atoms with Gasteiger partial charge in [0.25, 0.3) is 0 Å². The van der Waals surface area contributed by atoms with E-state index in [1.165, 1.54) is 12.8 Å². The Bertz CT molecular complexity index is 151. The first kappa shape index (κ1) is 14.9. The second kappa shape index (κ2) is 7.24. The van der Waals surface area contributed by atoms with E-state index in [-0.39, 0.29) is 11.8 Å². The van der Waals surface area contributed by atoms with E-state index in [1.807, 2.05) is 6.92 Å². The molecule has 0 heterocycles. The van der Waals surface area contributed by atoms with Crippen LogP contribution in [-0.4, -0.2) is 6.17 Å². The van der Waals surface area contributed by atoms with Gasteiger partial charge in [-0.2, -0.15) is 0 Å². The van der Waals surface area contributed by atoms with E-state index < -0.39 is 6.17 Å². The molecule has 0 spiro atoms. The fourth-order valence-corrected chi connectivity index (χ4v) is 2.49. The molecule has 0 bridgehead atoms. The maximum absolute atomic E-state index is 14.1. The van der Waals surface area contributed by atoms with Crippen LogP contribution >= 0.6 is 0 Å². The summed E-state index contributed by atoms with van der Waals surface area (Å²) in [5.41, 5.74) is 0. The molecule has 0 radical (unpaired) electrons. The van der Waals surface area contributed by atoms with E-state index in [0.29, 0.717) is 11.8 Å². The summed E-state index contributed by atoms with van der Waals surface area (Å²) in [7, 11) is 0. The molecule has 0 aliphatic heterocycles. The summed E-state index contributed by atoms with van der Waals surface area (Å²) in [4.78, 5) is 0.